The predicted molar refractivity (Wildman–Crippen MR) is 66.6 cm³/mol. The summed E-state index contributed by atoms with van der Waals surface area (Å²) in [5.41, 5.74) is 0. The third-order valence-corrected chi connectivity index (χ3v) is 2.88. The fourth-order valence-electron chi connectivity index (χ4n) is 1.98. The second kappa shape index (κ2) is 7.73. The van der Waals surface area contributed by atoms with Crippen molar-refractivity contribution in [2.45, 2.75) is 38.7 Å². The summed E-state index contributed by atoms with van der Waals surface area (Å²) in [6.07, 6.45) is 1.29. The molecule has 1 aliphatic rings. The topological polar surface area (TPSA) is 95.9 Å². The van der Waals surface area contributed by atoms with E-state index in [1.165, 1.54) is 4.90 Å². The molecule has 0 aliphatic carbocycles. The van der Waals surface area contributed by atoms with Gasteiger partial charge in [-0.3, -0.25) is 14.9 Å². The van der Waals surface area contributed by atoms with Gasteiger partial charge >= 0.3 is 12.0 Å². The molecule has 0 saturated carbocycles. The second-order valence-electron chi connectivity index (χ2n) is 4.41. The number of rotatable bonds is 5. The van der Waals surface area contributed by atoms with Gasteiger partial charge in [0, 0.05) is 26.1 Å². The van der Waals surface area contributed by atoms with Crippen molar-refractivity contribution in [3.05, 3.63) is 0 Å². The van der Waals surface area contributed by atoms with Crippen LogP contribution in [0.25, 0.3) is 0 Å². The van der Waals surface area contributed by atoms with Gasteiger partial charge in [0.15, 0.2) is 0 Å². The van der Waals surface area contributed by atoms with Crippen molar-refractivity contribution < 1.29 is 24.2 Å². The molecule has 0 aromatic rings. The quantitative estimate of drug-likeness (QED) is 0.763. The molecular weight excluding hydrogens is 252 g/mol. The molecule has 2 N–H and O–H groups in total. The lowest BCUT2D eigenvalue weighted by Crippen LogP contribution is -2.49. The first-order valence-corrected chi connectivity index (χ1v) is 6.45. The zero-order valence-electron chi connectivity index (χ0n) is 11.1. The first-order valence-electron chi connectivity index (χ1n) is 6.45. The van der Waals surface area contributed by atoms with Gasteiger partial charge in [-0.15, -0.1) is 0 Å². The van der Waals surface area contributed by atoms with Gasteiger partial charge in [0.1, 0.15) is 0 Å². The normalized spacial score (nSPS) is 19.0. The number of hydrogen-bond acceptors (Lipinski definition) is 4. The zero-order valence-corrected chi connectivity index (χ0v) is 11.1. The number of carboxylic acids is 1. The van der Waals surface area contributed by atoms with Gasteiger partial charge in [0.2, 0.25) is 5.91 Å². The number of ether oxygens (including phenoxy) is 1. The number of aliphatic carboxylic acids is 1. The van der Waals surface area contributed by atoms with Gasteiger partial charge in [-0.25, -0.2) is 4.79 Å². The number of hydrogen-bond donors (Lipinski definition) is 2. The molecule has 0 radical (unpaired) electrons. The third kappa shape index (κ3) is 5.69. The fourth-order valence-corrected chi connectivity index (χ4v) is 1.98. The molecule has 1 fully saturated rings. The van der Waals surface area contributed by atoms with E-state index in [4.69, 9.17) is 9.84 Å². The molecule has 1 rings (SSSR count). The number of likely N-dealkylation sites (tertiary alicyclic amines) is 1. The molecule has 0 aromatic heterocycles. The molecule has 1 unspecified atom stereocenters. The van der Waals surface area contributed by atoms with Crippen molar-refractivity contribution in [3.63, 3.8) is 0 Å². The molecule has 108 valence electrons. The van der Waals surface area contributed by atoms with Crippen LogP contribution < -0.4 is 5.32 Å². The van der Waals surface area contributed by atoms with Crippen LogP contribution in [0.4, 0.5) is 4.79 Å². The first kappa shape index (κ1) is 15.4. The maximum Gasteiger partial charge on any atom is 0.324 e. The number of imide groups is 1. The molecule has 0 spiro atoms. The summed E-state index contributed by atoms with van der Waals surface area (Å²) < 4.78 is 5.46. The van der Waals surface area contributed by atoms with Crippen LogP contribution >= 0.6 is 0 Å². The number of carbonyl (C=O) groups is 3. The molecule has 19 heavy (non-hydrogen) atoms. The summed E-state index contributed by atoms with van der Waals surface area (Å²) in [4.78, 5) is 35.0. The molecule has 0 aromatic carbocycles. The molecule has 1 saturated heterocycles. The van der Waals surface area contributed by atoms with Crippen molar-refractivity contribution in [1.82, 2.24) is 10.2 Å². The average molecular weight is 272 g/mol. The van der Waals surface area contributed by atoms with Gasteiger partial charge in [-0.2, -0.15) is 0 Å². The first-order chi connectivity index (χ1) is 9.02. The van der Waals surface area contributed by atoms with E-state index in [9.17, 15) is 14.4 Å². The van der Waals surface area contributed by atoms with Crippen molar-refractivity contribution >= 4 is 17.9 Å². The lowest BCUT2D eigenvalue weighted by atomic mass is 10.1. The summed E-state index contributed by atoms with van der Waals surface area (Å²) in [5, 5.41) is 10.6. The van der Waals surface area contributed by atoms with E-state index in [1.54, 1.807) is 0 Å². The fraction of sp³-hybridized carbons (Fsp3) is 0.750. The highest BCUT2D eigenvalue weighted by molar-refractivity contribution is 5.95. The SMILES string of the molecule is CCOC1CCCN(C(=O)NC(=O)CCC(=O)O)C1. The largest absolute Gasteiger partial charge is 0.481 e. The summed E-state index contributed by atoms with van der Waals surface area (Å²) >= 11 is 0. The highest BCUT2D eigenvalue weighted by Gasteiger charge is 2.24. The van der Waals surface area contributed by atoms with Gasteiger partial charge < -0.3 is 14.7 Å². The summed E-state index contributed by atoms with van der Waals surface area (Å²) in [5.74, 6) is -1.62. The molecule has 7 heteroatoms. The molecule has 1 aliphatic heterocycles. The maximum atomic E-state index is 11.8. The van der Waals surface area contributed by atoms with E-state index in [2.05, 4.69) is 5.32 Å². The van der Waals surface area contributed by atoms with Gasteiger partial charge in [-0.1, -0.05) is 0 Å². The second-order valence-corrected chi connectivity index (χ2v) is 4.41. The molecule has 0 bridgehead atoms. The Kier molecular flexibility index (Phi) is 6.27. The molecule has 7 nitrogen and oxygen atoms in total. The Labute approximate surface area is 111 Å². The van der Waals surface area contributed by atoms with E-state index in [0.29, 0.717) is 19.7 Å². The number of carboxylic acid groups (broad SMARTS) is 1. The highest BCUT2D eigenvalue weighted by atomic mass is 16.5. The van der Waals surface area contributed by atoms with Crippen molar-refractivity contribution in [2.24, 2.45) is 0 Å². The molecule has 3 amide bonds. The molecule has 1 heterocycles. The minimum atomic E-state index is -1.06. The van der Waals surface area contributed by atoms with E-state index in [-0.39, 0.29) is 18.9 Å². The predicted octanol–water partition coefficient (Wildman–Crippen LogP) is 0.588. The van der Waals surface area contributed by atoms with Crippen molar-refractivity contribution in [3.8, 4) is 0 Å². The van der Waals surface area contributed by atoms with Crippen LogP contribution in [0.3, 0.4) is 0 Å². The smallest absolute Gasteiger partial charge is 0.324 e. The minimum Gasteiger partial charge on any atom is -0.481 e. The standard InChI is InChI=1S/C12H20N2O5/c1-2-19-9-4-3-7-14(8-9)12(18)13-10(15)5-6-11(16)17/h9H,2-8H2,1H3,(H,16,17)(H,13,15,18). The van der Waals surface area contributed by atoms with Crippen LogP contribution in [-0.2, 0) is 14.3 Å². The molecule has 1 atom stereocenters. The summed E-state index contributed by atoms with van der Waals surface area (Å²) in [6.45, 7) is 3.54. The van der Waals surface area contributed by atoms with Crippen LogP contribution in [0.1, 0.15) is 32.6 Å². The van der Waals surface area contributed by atoms with E-state index >= 15 is 0 Å². The van der Waals surface area contributed by atoms with Crippen molar-refractivity contribution in [1.29, 1.82) is 0 Å². The van der Waals surface area contributed by atoms with Crippen LogP contribution in [-0.4, -0.2) is 53.7 Å². The summed E-state index contributed by atoms with van der Waals surface area (Å²) in [7, 11) is 0. The van der Waals surface area contributed by atoms with Gasteiger partial charge in [0.25, 0.3) is 0 Å². The van der Waals surface area contributed by atoms with Crippen LogP contribution in [0, 0.1) is 0 Å². The number of carbonyl (C=O) groups excluding carboxylic acids is 2. The van der Waals surface area contributed by atoms with Gasteiger partial charge in [0.05, 0.1) is 12.5 Å². The minimum absolute atomic E-state index is 0.0126. The third-order valence-electron chi connectivity index (χ3n) is 2.88. The number of piperidine rings is 1. The van der Waals surface area contributed by atoms with E-state index < -0.39 is 17.9 Å². The average Bonchev–Trinajstić information content (AvgIpc) is 2.37. The van der Waals surface area contributed by atoms with Crippen LogP contribution in [0.15, 0.2) is 0 Å². The number of urea groups is 1. The lowest BCUT2D eigenvalue weighted by molar-refractivity contribution is -0.138. The van der Waals surface area contributed by atoms with Crippen LogP contribution in [0.5, 0.6) is 0 Å². The van der Waals surface area contributed by atoms with Crippen LogP contribution in [0.2, 0.25) is 0 Å². The zero-order chi connectivity index (χ0) is 14.3. The Morgan fingerprint density at radius 2 is 2.11 bits per heavy atom. The molecular formula is C12H20N2O5. The Bertz CT molecular complexity index is 343. The Hall–Kier alpha value is -1.63. The lowest BCUT2D eigenvalue weighted by Gasteiger charge is -2.32. The Balaban J connectivity index is 2.35. The monoisotopic (exact) mass is 272 g/mol. The number of nitrogens with zero attached hydrogens (tertiary/aromatic N) is 1. The number of nitrogens with one attached hydrogen (secondary N) is 1. The number of amides is 3. The van der Waals surface area contributed by atoms with E-state index in [1.807, 2.05) is 6.92 Å². The maximum absolute atomic E-state index is 11.8. The Morgan fingerprint density at radius 3 is 2.74 bits per heavy atom. The highest BCUT2D eigenvalue weighted by Crippen LogP contribution is 2.13. The Morgan fingerprint density at radius 1 is 1.37 bits per heavy atom. The summed E-state index contributed by atoms with van der Waals surface area (Å²) in [6, 6.07) is -0.472. The van der Waals surface area contributed by atoms with Crippen molar-refractivity contribution in [2.75, 3.05) is 19.7 Å². The van der Waals surface area contributed by atoms with Gasteiger partial charge in [-0.05, 0) is 19.8 Å². The van der Waals surface area contributed by atoms with E-state index in [0.717, 1.165) is 12.8 Å².